The quantitative estimate of drug-likeness (QED) is 0.160. The van der Waals surface area contributed by atoms with Crippen LogP contribution < -0.4 is 4.90 Å². The molecule has 8 aromatic carbocycles. The van der Waals surface area contributed by atoms with Gasteiger partial charge in [0.15, 0.2) is 0 Å². The molecule has 4 saturated carbocycles. The highest BCUT2D eigenvalue weighted by Gasteiger charge is 2.54. The topological polar surface area (TPSA) is 3.24 Å². The van der Waals surface area contributed by atoms with Gasteiger partial charge in [-0.05, 0) is 201 Å². The molecule has 0 amide bonds. The predicted molar refractivity (Wildman–Crippen MR) is 323 cm³/mol. The minimum absolute atomic E-state index is 0.144. The number of hydrogen-bond donors (Lipinski definition) is 0. The Morgan fingerprint density at radius 3 is 1.39 bits per heavy atom. The van der Waals surface area contributed by atoms with Crippen LogP contribution in [0.3, 0.4) is 0 Å². The van der Waals surface area contributed by atoms with E-state index in [1.807, 2.05) is 0 Å². The Morgan fingerprint density at radius 1 is 0.312 bits per heavy atom. The molecule has 7 aliphatic carbocycles. The molecular formula is C76H77N. The fourth-order valence-electron chi connectivity index (χ4n) is 17.8. The summed E-state index contributed by atoms with van der Waals surface area (Å²) >= 11 is 0. The number of nitrogens with zero attached hydrogens (tertiary/aromatic N) is 1. The third-order valence-electron chi connectivity index (χ3n) is 22.5. The second-order valence-electron chi connectivity index (χ2n) is 26.9. The molecule has 8 aromatic rings. The van der Waals surface area contributed by atoms with E-state index in [9.17, 15) is 0 Å². The van der Waals surface area contributed by atoms with E-state index >= 15 is 0 Å². The van der Waals surface area contributed by atoms with Crippen LogP contribution in [0, 0.1) is 10.8 Å². The van der Waals surface area contributed by atoms with Crippen molar-refractivity contribution in [2.45, 2.75) is 165 Å². The van der Waals surface area contributed by atoms with E-state index in [4.69, 9.17) is 0 Å². The van der Waals surface area contributed by atoms with Crippen molar-refractivity contribution >= 4 is 17.1 Å². The van der Waals surface area contributed by atoms with E-state index in [-0.39, 0.29) is 16.2 Å². The summed E-state index contributed by atoms with van der Waals surface area (Å²) in [6.45, 7) is 10.1. The molecule has 4 fully saturated rings. The van der Waals surface area contributed by atoms with Gasteiger partial charge >= 0.3 is 0 Å². The predicted octanol–water partition coefficient (Wildman–Crippen LogP) is 21.0. The van der Waals surface area contributed by atoms with Gasteiger partial charge in [-0.2, -0.15) is 0 Å². The average molecular weight is 1000 g/mol. The SMILES string of the molecule is CC1(c2ccc3c(c2)C2(c4cc(C5(C)CCC6(CCCCC6)CC5)ccc4-3)c3ccccc3-c3c(N(c4ccc5c(c4)C(C)(C)c4ccccc4-5)c4ccccc4-c4ccccc4)cccc32)CCC2(CCCCC2)CC1. The number of rotatable bonds is 6. The first-order valence-corrected chi connectivity index (χ1v) is 30.3. The molecule has 1 heteroatoms. The van der Waals surface area contributed by atoms with Gasteiger partial charge in [0.05, 0.1) is 16.8 Å². The Balaban J connectivity index is 0.959. The van der Waals surface area contributed by atoms with Gasteiger partial charge in [0.1, 0.15) is 0 Å². The number of hydrogen-bond acceptors (Lipinski definition) is 1. The van der Waals surface area contributed by atoms with Crippen molar-refractivity contribution < 1.29 is 0 Å². The lowest BCUT2D eigenvalue weighted by Gasteiger charge is -2.47. The lowest BCUT2D eigenvalue weighted by molar-refractivity contribution is 0.0874. The van der Waals surface area contributed by atoms with Crippen molar-refractivity contribution in [3.8, 4) is 44.5 Å². The van der Waals surface area contributed by atoms with Crippen molar-refractivity contribution in [2.75, 3.05) is 4.90 Å². The van der Waals surface area contributed by atoms with Crippen LogP contribution >= 0.6 is 0 Å². The lowest BCUT2D eigenvalue weighted by Crippen LogP contribution is -2.37. The Kier molecular flexibility index (Phi) is 10.9. The van der Waals surface area contributed by atoms with Crippen LogP contribution in [-0.2, 0) is 21.7 Å². The number of para-hydroxylation sites is 1. The van der Waals surface area contributed by atoms with Crippen molar-refractivity contribution in [2.24, 2.45) is 10.8 Å². The third kappa shape index (κ3) is 7.09. The first kappa shape index (κ1) is 47.7. The lowest BCUT2D eigenvalue weighted by atomic mass is 9.57. The fraction of sp³-hybridized carbons (Fsp3) is 0.368. The van der Waals surface area contributed by atoms with E-state index in [2.05, 4.69) is 209 Å². The fourth-order valence-corrected chi connectivity index (χ4v) is 17.8. The summed E-state index contributed by atoms with van der Waals surface area (Å²) in [4.78, 5) is 2.65. The van der Waals surface area contributed by atoms with Gasteiger partial charge in [0, 0.05) is 22.2 Å². The second kappa shape index (κ2) is 17.5. The van der Waals surface area contributed by atoms with Crippen molar-refractivity contribution in [3.63, 3.8) is 0 Å². The minimum atomic E-state index is -0.490. The van der Waals surface area contributed by atoms with Crippen LogP contribution in [0.15, 0.2) is 176 Å². The standard InChI is InChI=1S/C76H77N/c1-71(2)62-26-13-10-24-57(62)58-36-33-55(51-65(58)71)77(68-29-15-12-23-56(68)52-21-8-5-9-22-52)69-30-20-28-64-70(69)61-25-11-14-27-63(61)76(64)66-49-53(72(3)41-45-74(46-42-72)37-16-6-17-38-74)31-34-59(66)60-35-32-54(50-67(60)76)73(4)43-47-75(48-44-73)39-18-7-19-40-75/h5,8-15,20-36,49-51H,6-7,16-19,37-48H2,1-4H3. The summed E-state index contributed by atoms with van der Waals surface area (Å²) in [7, 11) is 0. The largest absolute Gasteiger partial charge is 0.309 e. The van der Waals surface area contributed by atoms with E-state index in [1.54, 1.807) is 11.1 Å². The summed E-state index contributed by atoms with van der Waals surface area (Å²) in [5, 5.41) is 0. The molecule has 0 radical (unpaired) electrons. The van der Waals surface area contributed by atoms with Gasteiger partial charge in [-0.1, -0.05) is 218 Å². The smallest absolute Gasteiger partial charge is 0.0726 e. The molecule has 0 aromatic heterocycles. The summed E-state index contributed by atoms with van der Waals surface area (Å²) < 4.78 is 0. The highest BCUT2D eigenvalue weighted by Crippen LogP contribution is 2.67. The molecule has 7 aliphatic rings. The van der Waals surface area contributed by atoms with Gasteiger partial charge in [0.2, 0.25) is 0 Å². The molecule has 0 aliphatic heterocycles. The van der Waals surface area contributed by atoms with E-state index in [1.165, 1.54) is 211 Å². The van der Waals surface area contributed by atoms with Crippen molar-refractivity contribution in [1.29, 1.82) is 0 Å². The van der Waals surface area contributed by atoms with Gasteiger partial charge < -0.3 is 4.90 Å². The van der Waals surface area contributed by atoms with Crippen LogP contribution in [0.4, 0.5) is 17.1 Å². The van der Waals surface area contributed by atoms with Gasteiger partial charge in [0.25, 0.3) is 0 Å². The van der Waals surface area contributed by atoms with Crippen LogP contribution in [-0.4, -0.2) is 0 Å². The first-order chi connectivity index (χ1) is 37.5. The second-order valence-corrected chi connectivity index (χ2v) is 26.9. The number of anilines is 3. The zero-order valence-corrected chi connectivity index (χ0v) is 46.4. The maximum Gasteiger partial charge on any atom is 0.0726 e. The van der Waals surface area contributed by atoms with Crippen LogP contribution in [0.1, 0.15) is 188 Å². The van der Waals surface area contributed by atoms with Crippen LogP contribution in [0.5, 0.6) is 0 Å². The average Bonchev–Trinajstić information content (AvgIpc) is 4.08. The zero-order valence-electron chi connectivity index (χ0n) is 46.4. The van der Waals surface area contributed by atoms with Crippen molar-refractivity contribution in [1.82, 2.24) is 0 Å². The maximum atomic E-state index is 2.77. The Hall–Kier alpha value is -6.44. The molecule has 0 saturated heterocycles. The molecule has 0 N–H and O–H groups in total. The van der Waals surface area contributed by atoms with Crippen LogP contribution in [0.25, 0.3) is 44.5 Å². The van der Waals surface area contributed by atoms with Gasteiger partial charge in [-0.15, -0.1) is 0 Å². The summed E-state index contributed by atoms with van der Waals surface area (Å²) in [6, 6.07) is 69.6. The molecule has 15 rings (SSSR count). The number of benzene rings is 8. The van der Waals surface area contributed by atoms with Crippen molar-refractivity contribution in [3.05, 3.63) is 220 Å². The molecule has 0 atom stereocenters. The van der Waals surface area contributed by atoms with Gasteiger partial charge in [-0.25, -0.2) is 0 Å². The molecular weight excluding hydrogens is 927 g/mol. The zero-order chi connectivity index (χ0) is 51.8. The van der Waals surface area contributed by atoms with E-state index in [0.29, 0.717) is 10.8 Å². The highest BCUT2D eigenvalue weighted by molar-refractivity contribution is 6.03. The Bertz CT molecular complexity index is 3520. The number of fused-ring (bicyclic) bond motifs is 13. The maximum absolute atomic E-state index is 2.77. The van der Waals surface area contributed by atoms with Gasteiger partial charge in [-0.3, -0.25) is 0 Å². The molecule has 0 heterocycles. The molecule has 3 spiro atoms. The molecule has 386 valence electrons. The van der Waals surface area contributed by atoms with E-state index in [0.717, 1.165) is 0 Å². The molecule has 0 unspecified atom stereocenters. The van der Waals surface area contributed by atoms with Crippen LogP contribution in [0.2, 0.25) is 0 Å². The molecule has 0 bridgehead atoms. The minimum Gasteiger partial charge on any atom is -0.309 e. The normalized spacial score (nSPS) is 23.4. The van der Waals surface area contributed by atoms with E-state index < -0.39 is 5.41 Å². The Morgan fingerprint density at radius 2 is 0.779 bits per heavy atom. The third-order valence-corrected chi connectivity index (χ3v) is 22.5. The Labute approximate surface area is 460 Å². The summed E-state index contributed by atoms with van der Waals surface area (Å²) in [6.07, 6.45) is 24.9. The highest BCUT2D eigenvalue weighted by atomic mass is 15.1. The monoisotopic (exact) mass is 1000 g/mol. The summed E-state index contributed by atoms with van der Waals surface area (Å²) in [5.74, 6) is 0. The first-order valence-electron chi connectivity index (χ1n) is 30.3. The molecule has 1 nitrogen and oxygen atoms in total. The molecule has 77 heavy (non-hydrogen) atoms. The summed E-state index contributed by atoms with van der Waals surface area (Å²) in [5.41, 5.74) is 26.9.